The number of hydrogen-bond acceptors (Lipinski definition) is 3. The van der Waals surface area contributed by atoms with Gasteiger partial charge in [-0.05, 0) is 6.07 Å². The van der Waals surface area contributed by atoms with E-state index in [9.17, 15) is 5.11 Å². The van der Waals surface area contributed by atoms with E-state index in [0.717, 1.165) is 0 Å². The third-order valence-electron chi connectivity index (χ3n) is 1.88. The molecule has 0 aliphatic rings. The molecule has 0 aromatic carbocycles. The number of nitrogens with zero attached hydrogens (tertiary/aromatic N) is 2. The Morgan fingerprint density at radius 1 is 1.58 bits per heavy atom. The molecule has 1 aromatic heterocycles. The third kappa shape index (κ3) is 2.32. The predicted molar refractivity (Wildman–Crippen MR) is 44.5 cm³/mol. The van der Waals surface area contributed by atoms with E-state index < -0.39 is 6.10 Å². The van der Waals surface area contributed by atoms with Crippen LogP contribution in [-0.2, 0) is 6.54 Å². The van der Waals surface area contributed by atoms with E-state index in [4.69, 9.17) is 5.11 Å². The van der Waals surface area contributed by atoms with Crippen LogP contribution in [-0.4, -0.2) is 32.7 Å². The summed E-state index contributed by atoms with van der Waals surface area (Å²) in [7, 11) is 0. The van der Waals surface area contributed by atoms with Crippen LogP contribution in [0.5, 0.6) is 0 Å². The highest BCUT2D eigenvalue weighted by Crippen LogP contribution is 2.04. The van der Waals surface area contributed by atoms with E-state index in [2.05, 4.69) is 5.10 Å². The first-order valence-electron chi connectivity index (χ1n) is 4.00. The van der Waals surface area contributed by atoms with Gasteiger partial charge in [-0.15, -0.1) is 0 Å². The van der Waals surface area contributed by atoms with Crippen LogP contribution >= 0.6 is 0 Å². The molecule has 0 spiro atoms. The SMILES string of the molecule is C[C@H](Cn1cccn1)[C@H](O)CO. The Hall–Kier alpha value is -0.870. The molecule has 68 valence electrons. The van der Waals surface area contributed by atoms with Gasteiger partial charge in [0.05, 0.1) is 12.7 Å². The lowest BCUT2D eigenvalue weighted by Gasteiger charge is -2.15. The Balaban J connectivity index is 2.41. The molecular formula is C8H14N2O2. The van der Waals surface area contributed by atoms with Crippen molar-refractivity contribution in [2.24, 2.45) is 5.92 Å². The molecule has 0 aliphatic carbocycles. The lowest BCUT2D eigenvalue weighted by molar-refractivity contribution is 0.0460. The van der Waals surface area contributed by atoms with Crippen LogP contribution in [0, 0.1) is 5.92 Å². The maximum absolute atomic E-state index is 9.23. The number of aliphatic hydroxyl groups excluding tert-OH is 2. The van der Waals surface area contributed by atoms with Gasteiger partial charge < -0.3 is 10.2 Å². The third-order valence-corrected chi connectivity index (χ3v) is 1.88. The molecule has 1 aromatic rings. The lowest BCUT2D eigenvalue weighted by Crippen LogP contribution is -2.25. The van der Waals surface area contributed by atoms with E-state index in [1.165, 1.54) is 0 Å². The van der Waals surface area contributed by atoms with Gasteiger partial charge >= 0.3 is 0 Å². The summed E-state index contributed by atoms with van der Waals surface area (Å²) in [6.45, 7) is 2.32. The summed E-state index contributed by atoms with van der Waals surface area (Å²) in [5.41, 5.74) is 0. The zero-order valence-corrected chi connectivity index (χ0v) is 7.09. The Labute approximate surface area is 71.5 Å². The molecule has 4 nitrogen and oxygen atoms in total. The van der Waals surface area contributed by atoms with Crippen molar-refractivity contribution in [3.63, 3.8) is 0 Å². The van der Waals surface area contributed by atoms with Crippen molar-refractivity contribution in [1.29, 1.82) is 0 Å². The van der Waals surface area contributed by atoms with E-state index in [0.29, 0.717) is 6.54 Å². The normalized spacial score (nSPS) is 15.9. The van der Waals surface area contributed by atoms with Gasteiger partial charge in [0.15, 0.2) is 0 Å². The fourth-order valence-corrected chi connectivity index (χ4v) is 1.01. The minimum absolute atomic E-state index is 0.0231. The standard InChI is InChI=1S/C8H14N2O2/c1-7(8(12)6-11)5-10-4-2-3-9-10/h2-4,7-8,11-12H,5-6H2,1H3/t7-,8-/m1/s1. The van der Waals surface area contributed by atoms with Crippen LogP contribution in [0.25, 0.3) is 0 Å². The second-order valence-electron chi connectivity index (χ2n) is 2.96. The highest BCUT2D eigenvalue weighted by Gasteiger charge is 2.13. The summed E-state index contributed by atoms with van der Waals surface area (Å²) in [6.07, 6.45) is 2.87. The molecular weight excluding hydrogens is 156 g/mol. The molecule has 0 saturated heterocycles. The van der Waals surface area contributed by atoms with Gasteiger partial charge in [0.25, 0.3) is 0 Å². The summed E-state index contributed by atoms with van der Waals surface area (Å²) in [5, 5.41) is 21.9. The van der Waals surface area contributed by atoms with Crippen LogP contribution in [0.15, 0.2) is 18.5 Å². The lowest BCUT2D eigenvalue weighted by atomic mass is 10.1. The largest absolute Gasteiger partial charge is 0.394 e. The second-order valence-corrected chi connectivity index (χ2v) is 2.96. The maximum Gasteiger partial charge on any atom is 0.0814 e. The first-order chi connectivity index (χ1) is 5.74. The summed E-state index contributed by atoms with van der Waals surface area (Å²) in [5.74, 6) is 0.0231. The fourth-order valence-electron chi connectivity index (χ4n) is 1.01. The second kappa shape index (κ2) is 4.23. The first kappa shape index (κ1) is 9.22. The minimum Gasteiger partial charge on any atom is -0.394 e. The zero-order valence-electron chi connectivity index (χ0n) is 7.09. The molecule has 1 rings (SSSR count). The summed E-state index contributed by atoms with van der Waals surface area (Å²) >= 11 is 0. The number of hydrogen-bond donors (Lipinski definition) is 2. The summed E-state index contributed by atoms with van der Waals surface area (Å²) in [6, 6.07) is 1.83. The van der Waals surface area contributed by atoms with Crippen LogP contribution in [0.1, 0.15) is 6.92 Å². The molecule has 2 atom stereocenters. The fraction of sp³-hybridized carbons (Fsp3) is 0.625. The highest BCUT2D eigenvalue weighted by molar-refractivity contribution is 4.78. The van der Waals surface area contributed by atoms with E-state index in [1.54, 1.807) is 10.9 Å². The number of aliphatic hydroxyl groups is 2. The smallest absolute Gasteiger partial charge is 0.0814 e. The molecule has 1 heterocycles. The average Bonchev–Trinajstić information content (AvgIpc) is 2.55. The monoisotopic (exact) mass is 170 g/mol. The Morgan fingerprint density at radius 3 is 2.83 bits per heavy atom. The van der Waals surface area contributed by atoms with Crippen molar-refractivity contribution in [2.45, 2.75) is 19.6 Å². The highest BCUT2D eigenvalue weighted by atomic mass is 16.3. The molecule has 0 radical (unpaired) electrons. The molecule has 0 bridgehead atoms. The van der Waals surface area contributed by atoms with Crippen molar-refractivity contribution < 1.29 is 10.2 Å². The predicted octanol–water partition coefficient (Wildman–Crippen LogP) is -0.128. The Bertz CT molecular complexity index is 211. The zero-order chi connectivity index (χ0) is 8.97. The van der Waals surface area contributed by atoms with E-state index in [1.807, 2.05) is 19.2 Å². The molecule has 0 fully saturated rings. The number of aromatic nitrogens is 2. The number of rotatable bonds is 4. The quantitative estimate of drug-likeness (QED) is 0.662. The average molecular weight is 170 g/mol. The van der Waals surface area contributed by atoms with Crippen LogP contribution in [0.4, 0.5) is 0 Å². The molecule has 12 heavy (non-hydrogen) atoms. The maximum atomic E-state index is 9.23. The van der Waals surface area contributed by atoms with Crippen molar-refractivity contribution in [3.8, 4) is 0 Å². The first-order valence-corrected chi connectivity index (χ1v) is 4.00. The van der Waals surface area contributed by atoms with Gasteiger partial charge in [-0.25, -0.2) is 0 Å². The molecule has 0 saturated carbocycles. The van der Waals surface area contributed by atoms with Gasteiger partial charge in [0, 0.05) is 24.9 Å². The van der Waals surface area contributed by atoms with Gasteiger partial charge in [-0.3, -0.25) is 4.68 Å². The van der Waals surface area contributed by atoms with Crippen LogP contribution in [0.3, 0.4) is 0 Å². The van der Waals surface area contributed by atoms with Crippen molar-refractivity contribution >= 4 is 0 Å². The van der Waals surface area contributed by atoms with Gasteiger partial charge in [0.1, 0.15) is 0 Å². The molecule has 0 aliphatic heterocycles. The summed E-state index contributed by atoms with van der Waals surface area (Å²) < 4.78 is 1.74. The van der Waals surface area contributed by atoms with Gasteiger partial charge in [-0.2, -0.15) is 5.10 Å². The van der Waals surface area contributed by atoms with Crippen LogP contribution < -0.4 is 0 Å². The van der Waals surface area contributed by atoms with Crippen LogP contribution in [0.2, 0.25) is 0 Å². The van der Waals surface area contributed by atoms with Gasteiger partial charge in [0.2, 0.25) is 0 Å². The van der Waals surface area contributed by atoms with Crippen molar-refractivity contribution in [1.82, 2.24) is 9.78 Å². The minimum atomic E-state index is -0.658. The van der Waals surface area contributed by atoms with E-state index in [-0.39, 0.29) is 12.5 Å². The topological polar surface area (TPSA) is 58.3 Å². The Kier molecular flexibility index (Phi) is 3.25. The van der Waals surface area contributed by atoms with Gasteiger partial charge in [-0.1, -0.05) is 6.92 Å². The van der Waals surface area contributed by atoms with Crippen molar-refractivity contribution in [3.05, 3.63) is 18.5 Å². The molecule has 0 unspecified atom stereocenters. The van der Waals surface area contributed by atoms with E-state index >= 15 is 0 Å². The molecule has 0 amide bonds. The van der Waals surface area contributed by atoms with Crippen molar-refractivity contribution in [2.75, 3.05) is 6.61 Å². The molecule has 2 N–H and O–H groups in total. The molecule has 4 heteroatoms. The summed E-state index contributed by atoms with van der Waals surface area (Å²) in [4.78, 5) is 0. The Morgan fingerprint density at radius 2 is 2.33 bits per heavy atom.